The lowest BCUT2D eigenvalue weighted by Gasteiger charge is -2.25. The van der Waals surface area contributed by atoms with Gasteiger partial charge < -0.3 is 10.1 Å². The van der Waals surface area contributed by atoms with Gasteiger partial charge in [0.1, 0.15) is 0 Å². The maximum atomic E-state index is 12.9. The standard InChI is InChI=1S/C12H14F2N2O3/c13-12(14)10-6-9(16(17)18)3-4-11(10)15-8-2-1-5-19-7-8/h3-4,6,8,12,15H,1-2,5,7H2. The van der Waals surface area contributed by atoms with Gasteiger partial charge in [0.25, 0.3) is 12.1 Å². The summed E-state index contributed by atoms with van der Waals surface area (Å²) in [5.74, 6) is 0. The minimum Gasteiger partial charge on any atom is -0.380 e. The molecule has 1 aromatic rings. The third-order valence-corrected chi connectivity index (χ3v) is 3.00. The Labute approximate surface area is 108 Å². The second-order valence-electron chi connectivity index (χ2n) is 4.39. The van der Waals surface area contributed by atoms with E-state index in [-0.39, 0.29) is 23.0 Å². The Kier molecular flexibility index (Phi) is 4.26. The topological polar surface area (TPSA) is 64.4 Å². The van der Waals surface area contributed by atoms with Crippen LogP contribution in [0.1, 0.15) is 24.8 Å². The summed E-state index contributed by atoms with van der Waals surface area (Å²) in [4.78, 5) is 9.92. The van der Waals surface area contributed by atoms with E-state index in [4.69, 9.17) is 4.74 Å². The second-order valence-corrected chi connectivity index (χ2v) is 4.39. The number of rotatable bonds is 4. The van der Waals surface area contributed by atoms with Gasteiger partial charge in [-0.15, -0.1) is 0 Å². The molecule has 0 aromatic heterocycles. The Morgan fingerprint density at radius 2 is 2.26 bits per heavy atom. The molecule has 0 amide bonds. The molecule has 0 saturated carbocycles. The van der Waals surface area contributed by atoms with E-state index in [0.717, 1.165) is 18.9 Å². The molecule has 1 aromatic carbocycles. The minimum absolute atomic E-state index is 0.0345. The van der Waals surface area contributed by atoms with E-state index >= 15 is 0 Å². The van der Waals surface area contributed by atoms with Crippen LogP contribution in [0.25, 0.3) is 0 Å². The third kappa shape index (κ3) is 3.37. The van der Waals surface area contributed by atoms with Gasteiger partial charge in [-0.1, -0.05) is 0 Å². The first-order valence-corrected chi connectivity index (χ1v) is 5.98. The molecule has 0 aliphatic carbocycles. The van der Waals surface area contributed by atoms with Gasteiger partial charge in [0, 0.05) is 36.0 Å². The Morgan fingerprint density at radius 1 is 1.47 bits per heavy atom. The first-order valence-electron chi connectivity index (χ1n) is 5.98. The zero-order valence-electron chi connectivity index (χ0n) is 10.1. The van der Waals surface area contributed by atoms with Crippen LogP contribution in [0.5, 0.6) is 0 Å². The van der Waals surface area contributed by atoms with Crippen LogP contribution < -0.4 is 5.32 Å². The van der Waals surface area contributed by atoms with E-state index < -0.39 is 11.3 Å². The van der Waals surface area contributed by atoms with Crippen LogP contribution in [0.4, 0.5) is 20.2 Å². The summed E-state index contributed by atoms with van der Waals surface area (Å²) in [5, 5.41) is 13.6. The highest BCUT2D eigenvalue weighted by Crippen LogP contribution is 2.31. The number of halogens is 2. The molecule has 5 nitrogen and oxygen atoms in total. The van der Waals surface area contributed by atoms with Crippen molar-refractivity contribution in [3.63, 3.8) is 0 Å². The fourth-order valence-electron chi connectivity index (χ4n) is 2.05. The number of hydrogen-bond donors (Lipinski definition) is 1. The van der Waals surface area contributed by atoms with E-state index in [0.29, 0.717) is 13.2 Å². The van der Waals surface area contributed by atoms with Crippen LogP contribution in [0.2, 0.25) is 0 Å². The van der Waals surface area contributed by atoms with Crippen LogP contribution in [0, 0.1) is 10.1 Å². The summed E-state index contributed by atoms with van der Waals surface area (Å²) >= 11 is 0. The first-order chi connectivity index (χ1) is 9.08. The summed E-state index contributed by atoms with van der Waals surface area (Å²) in [6, 6.07) is 3.43. The fourth-order valence-corrected chi connectivity index (χ4v) is 2.05. The van der Waals surface area contributed by atoms with Crippen molar-refractivity contribution in [1.82, 2.24) is 0 Å². The number of benzene rings is 1. The molecular weight excluding hydrogens is 258 g/mol. The number of nitrogens with one attached hydrogen (secondary N) is 1. The van der Waals surface area contributed by atoms with E-state index in [1.807, 2.05) is 0 Å². The van der Waals surface area contributed by atoms with Crippen LogP contribution in [-0.4, -0.2) is 24.2 Å². The first kappa shape index (κ1) is 13.7. The minimum atomic E-state index is -2.76. The van der Waals surface area contributed by atoms with E-state index in [9.17, 15) is 18.9 Å². The molecule has 19 heavy (non-hydrogen) atoms. The molecule has 1 saturated heterocycles. The maximum Gasteiger partial charge on any atom is 0.270 e. The Bertz CT molecular complexity index is 462. The second kappa shape index (κ2) is 5.92. The molecule has 0 spiro atoms. The van der Waals surface area contributed by atoms with Crippen molar-refractivity contribution in [3.05, 3.63) is 33.9 Å². The number of alkyl halides is 2. The average molecular weight is 272 g/mol. The van der Waals surface area contributed by atoms with Gasteiger partial charge in [-0.3, -0.25) is 10.1 Å². The van der Waals surface area contributed by atoms with Gasteiger partial charge in [0.15, 0.2) is 0 Å². The number of anilines is 1. The van der Waals surface area contributed by atoms with Crippen LogP contribution in [0.3, 0.4) is 0 Å². The smallest absolute Gasteiger partial charge is 0.270 e. The molecule has 104 valence electrons. The largest absolute Gasteiger partial charge is 0.380 e. The molecule has 0 bridgehead atoms. The van der Waals surface area contributed by atoms with Crippen LogP contribution in [0.15, 0.2) is 18.2 Å². The van der Waals surface area contributed by atoms with Gasteiger partial charge in [0.2, 0.25) is 0 Å². The number of nitrogens with zero attached hydrogens (tertiary/aromatic N) is 1. The van der Waals surface area contributed by atoms with Gasteiger partial charge >= 0.3 is 0 Å². The number of ether oxygens (including phenoxy) is 1. The SMILES string of the molecule is O=[N+]([O-])c1ccc(NC2CCCOC2)c(C(F)F)c1. The van der Waals surface area contributed by atoms with Crippen molar-refractivity contribution in [2.75, 3.05) is 18.5 Å². The monoisotopic (exact) mass is 272 g/mol. The lowest BCUT2D eigenvalue weighted by Crippen LogP contribution is -2.30. The highest BCUT2D eigenvalue weighted by atomic mass is 19.3. The number of hydrogen-bond acceptors (Lipinski definition) is 4. The van der Waals surface area contributed by atoms with Crippen molar-refractivity contribution >= 4 is 11.4 Å². The summed E-state index contributed by atoms with van der Waals surface area (Å²) in [6.45, 7) is 1.14. The van der Waals surface area contributed by atoms with Gasteiger partial charge in [-0.25, -0.2) is 8.78 Å². The Morgan fingerprint density at radius 3 is 2.84 bits per heavy atom. The fraction of sp³-hybridized carbons (Fsp3) is 0.500. The van der Waals surface area contributed by atoms with Crippen molar-refractivity contribution in [1.29, 1.82) is 0 Å². The van der Waals surface area contributed by atoms with E-state index in [1.54, 1.807) is 0 Å². The predicted octanol–water partition coefficient (Wildman–Crippen LogP) is 3.12. The lowest BCUT2D eigenvalue weighted by atomic mass is 10.1. The summed E-state index contributed by atoms with van der Waals surface area (Å²) < 4.78 is 31.1. The molecule has 1 fully saturated rings. The molecule has 1 atom stereocenters. The van der Waals surface area contributed by atoms with Crippen molar-refractivity contribution < 1.29 is 18.4 Å². The Balaban J connectivity index is 2.20. The van der Waals surface area contributed by atoms with E-state index in [2.05, 4.69) is 5.32 Å². The number of nitro groups is 1. The molecule has 1 aliphatic rings. The molecule has 2 rings (SSSR count). The van der Waals surface area contributed by atoms with Crippen molar-refractivity contribution in [3.8, 4) is 0 Å². The highest BCUT2D eigenvalue weighted by Gasteiger charge is 2.21. The normalized spacial score (nSPS) is 19.4. The zero-order chi connectivity index (χ0) is 13.8. The lowest BCUT2D eigenvalue weighted by molar-refractivity contribution is -0.385. The summed E-state index contributed by atoms with van der Waals surface area (Å²) in [6.07, 6.45) is -1.05. The predicted molar refractivity (Wildman–Crippen MR) is 65.5 cm³/mol. The highest BCUT2D eigenvalue weighted by molar-refractivity contribution is 5.57. The number of non-ortho nitro benzene ring substituents is 1. The quantitative estimate of drug-likeness (QED) is 0.675. The van der Waals surface area contributed by atoms with Crippen LogP contribution >= 0.6 is 0 Å². The van der Waals surface area contributed by atoms with Gasteiger partial charge in [0.05, 0.1) is 11.5 Å². The summed E-state index contributed by atoms with van der Waals surface area (Å²) in [7, 11) is 0. The zero-order valence-corrected chi connectivity index (χ0v) is 10.1. The van der Waals surface area contributed by atoms with Crippen molar-refractivity contribution in [2.24, 2.45) is 0 Å². The molecule has 1 N–H and O–H groups in total. The van der Waals surface area contributed by atoms with E-state index in [1.165, 1.54) is 12.1 Å². The summed E-state index contributed by atoms with van der Waals surface area (Å²) in [5.41, 5.74) is -0.448. The molecule has 1 aliphatic heterocycles. The van der Waals surface area contributed by atoms with Crippen molar-refractivity contribution in [2.45, 2.75) is 25.3 Å². The van der Waals surface area contributed by atoms with Crippen LogP contribution in [-0.2, 0) is 4.74 Å². The average Bonchev–Trinajstić information content (AvgIpc) is 2.39. The Hall–Kier alpha value is -1.76. The molecule has 1 heterocycles. The third-order valence-electron chi connectivity index (χ3n) is 3.00. The molecule has 7 heteroatoms. The molecular formula is C12H14F2N2O3. The molecule has 0 radical (unpaired) electrons. The molecule has 1 unspecified atom stereocenters. The maximum absolute atomic E-state index is 12.9. The van der Waals surface area contributed by atoms with Gasteiger partial charge in [-0.2, -0.15) is 0 Å². The van der Waals surface area contributed by atoms with Gasteiger partial charge in [-0.05, 0) is 18.9 Å². The number of nitro benzene ring substituents is 1.